The molecule has 0 radical (unpaired) electrons. The highest BCUT2D eigenvalue weighted by Crippen LogP contribution is 2.51. The van der Waals surface area contributed by atoms with Gasteiger partial charge in [-0.1, -0.05) is 31.0 Å². The summed E-state index contributed by atoms with van der Waals surface area (Å²) in [6.07, 6.45) is 4.86. The Morgan fingerprint density at radius 2 is 2.00 bits per heavy atom. The molecule has 0 unspecified atom stereocenters. The highest BCUT2D eigenvalue weighted by molar-refractivity contribution is 7.54. The minimum absolute atomic E-state index is 0.347. The Hall–Kier alpha value is -0.830. The maximum Gasteiger partial charge on any atom is 0.393 e. The molecular formula is C14H21N2O2P. The first-order valence-electron chi connectivity index (χ1n) is 7.01. The Morgan fingerprint density at radius 1 is 1.26 bits per heavy atom. The highest BCUT2D eigenvalue weighted by Gasteiger charge is 2.43. The summed E-state index contributed by atoms with van der Waals surface area (Å²) in [6, 6.07) is 9.77. The molecule has 3 atom stereocenters. The molecule has 0 aromatic heterocycles. The Kier molecular flexibility index (Phi) is 3.66. The van der Waals surface area contributed by atoms with Gasteiger partial charge in [0.25, 0.3) is 0 Å². The molecule has 1 aliphatic carbocycles. The van der Waals surface area contributed by atoms with E-state index in [1.165, 1.54) is 19.3 Å². The summed E-state index contributed by atoms with van der Waals surface area (Å²) in [7, 11) is -1.04. The molecule has 19 heavy (non-hydrogen) atoms. The van der Waals surface area contributed by atoms with Crippen LogP contribution in [0.2, 0.25) is 0 Å². The highest BCUT2D eigenvalue weighted by atomic mass is 31.2. The van der Waals surface area contributed by atoms with Crippen molar-refractivity contribution < 1.29 is 9.09 Å². The average Bonchev–Trinajstić information content (AvgIpc) is 2.41. The number of nitrogens with one attached hydrogen (secondary N) is 1. The van der Waals surface area contributed by atoms with Crippen molar-refractivity contribution in [2.45, 2.75) is 31.7 Å². The molecule has 1 heterocycles. The number of rotatable bonds is 2. The van der Waals surface area contributed by atoms with Crippen molar-refractivity contribution in [3.63, 3.8) is 0 Å². The first-order chi connectivity index (χ1) is 9.17. The lowest BCUT2D eigenvalue weighted by Crippen LogP contribution is -2.50. The van der Waals surface area contributed by atoms with Crippen LogP contribution in [0.5, 0.6) is 5.75 Å². The molecule has 104 valence electrons. The topological polar surface area (TPSA) is 41.6 Å². The third-order valence-electron chi connectivity index (χ3n) is 4.16. The van der Waals surface area contributed by atoms with Gasteiger partial charge in [0.15, 0.2) is 0 Å². The summed E-state index contributed by atoms with van der Waals surface area (Å²) < 4.78 is 20.6. The Bertz CT molecular complexity index is 480. The third-order valence-corrected chi connectivity index (χ3v) is 6.34. The number of hydrogen-bond acceptors (Lipinski definition) is 2. The molecule has 1 saturated carbocycles. The van der Waals surface area contributed by atoms with Crippen molar-refractivity contribution in [1.29, 1.82) is 0 Å². The van der Waals surface area contributed by atoms with Crippen LogP contribution in [0.4, 0.5) is 0 Å². The van der Waals surface area contributed by atoms with E-state index in [0.717, 1.165) is 13.0 Å². The summed E-state index contributed by atoms with van der Waals surface area (Å²) >= 11 is 0. The number of nitrogens with zero attached hydrogens (tertiary/aromatic N) is 1. The molecule has 1 aromatic carbocycles. The fraction of sp³-hybridized carbons (Fsp3) is 0.571. The Morgan fingerprint density at radius 3 is 2.79 bits per heavy atom. The van der Waals surface area contributed by atoms with Gasteiger partial charge in [-0.2, -0.15) is 0 Å². The smallest absolute Gasteiger partial charge is 0.393 e. The molecular weight excluding hydrogens is 259 g/mol. The number of hydrogen-bond donors (Lipinski definition) is 1. The molecule has 0 amide bonds. The van der Waals surface area contributed by atoms with Crippen molar-refractivity contribution >= 4 is 7.67 Å². The first-order valence-corrected chi connectivity index (χ1v) is 8.59. The molecule has 1 N–H and O–H groups in total. The maximum atomic E-state index is 13.0. The van der Waals surface area contributed by atoms with E-state index in [1.54, 1.807) is 0 Å². The van der Waals surface area contributed by atoms with Crippen molar-refractivity contribution in [3.05, 3.63) is 30.3 Å². The number of para-hydroxylation sites is 1. The van der Waals surface area contributed by atoms with Gasteiger partial charge < -0.3 is 4.52 Å². The predicted octanol–water partition coefficient (Wildman–Crippen LogP) is 3.27. The van der Waals surface area contributed by atoms with E-state index < -0.39 is 7.67 Å². The van der Waals surface area contributed by atoms with Gasteiger partial charge in [-0.3, -0.25) is 0 Å². The first kappa shape index (κ1) is 13.2. The zero-order chi connectivity index (χ0) is 13.3. The second-order valence-corrected chi connectivity index (χ2v) is 7.71. The van der Waals surface area contributed by atoms with E-state index >= 15 is 0 Å². The largest absolute Gasteiger partial charge is 0.422 e. The van der Waals surface area contributed by atoms with Gasteiger partial charge in [-0.05, 0) is 37.9 Å². The lowest BCUT2D eigenvalue weighted by Gasteiger charge is -2.44. The van der Waals surface area contributed by atoms with Crippen LogP contribution >= 0.6 is 7.67 Å². The summed E-state index contributed by atoms with van der Waals surface area (Å²) in [5.74, 6) is 1.28. The average molecular weight is 280 g/mol. The predicted molar refractivity (Wildman–Crippen MR) is 76.2 cm³/mol. The molecule has 3 rings (SSSR count). The second kappa shape index (κ2) is 5.28. The van der Waals surface area contributed by atoms with Crippen LogP contribution in [0, 0.1) is 5.92 Å². The van der Waals surface area contributed by atoms with E-state index in [-0.39, 0.29) is 0 Å². The Labute approximate surface area is 114 Å². The molecule has 4 nitrogen and oxygen atoms in total. The second-order valence-electron chi connectivity index (χ2n) is 5.55. The SMILES string of the molecule is CN1C[C@H]2CCCC[C@H]2N[P@]1(=O)Oc1ccccc1. The zero-order valence-corrected chi connectivity index (χ0v) is 12.2. The minimum atomic E-state index is -2.93. The molecule has 0 spiro atoms. The minimum Gasteiger partial charge on any atom is -0.422 e. The van der Waals surface area contributed by atoms with Gasteiger partial charge in [0, 0.05) is 12.6 Å². The molecule has 0 bridgehead atoms. The van der Waals surface area contributed by atoms with E-state index in [1.807, 2.05) is 42.0 Å². The molecule has 2 aliphatic rings. The van der Waals surface area contributed by atoms with E-state index in [4.69, 9.17) is 4.52 Å². The van der Waals surface area contributed by atoms with Gasteiger partial charge >= 0.3 is 7.67 Å². The quantitative estimate of drug-likeness (QED) is 0.844. The third kappa shape index (κ3) is 2.71. The van der Waals surface area contributed by atoms with Crippen molar-refractivity contribution in [3.8, 4) is 5.75 Å². The van der Waals surface area contributed by atoms with Crippen molar-refractivity contribution in [2.75, 3.05) is 13.6 Å². The normalized spacial score (nSPS) is 35.6. The molecule has 1 aromatic rings. The maximum absolute atomic E-state index is 13.0. The monoisotopic (exact) mass is 280 g/mol. The van der Waals surface area contributed by atoms with Crippen molar-refractivity contribution in [2.24, 2.45) is 5.92 Å². The van der Waals surface area contributed by atoms with Crippen LogP contribution in [0.25, 0.3) is 0 Å². The summed E-state index contributed by atoms with van der Waals surface area (Å²) in [6.45, 7) is 0.863. The van der Waals surface area contributed by atoms with Gasteiger partial charge in [0.2, 0.25) is 0 Å². The van der Waals surface area contributed by atoms with Gasteiger partial charge in [0.1, 0.15) is 5.75 Å². The summed E-state index contributed by atoms with van der Waals surface area (Å²) in [4.78, 5) is 0. The summed E-state index contributed by atoms with van der Waals surface area (Å²) in [5, 5.41) is 3.29. The van der Waals surface area contributed by atoms with E-state index in [2.05, 4.69) is 5.09 Å². The van der Waals surface area contributed by atoms with Gasteiger partial charge in [0.05, 0.1) is 0 Å². The molecule has 1 saturated heterocycles. The lowest BCUT2D eigenvalue weighted by molar-refractivity contribution is 0.200. The summed E-state index contributed by atoms with van der Waals surface area (Å²) in [5.41, 5.74) is 0. The van der Waals surface area contributed by atoms with Crippen LogP contribution < -0.4 is 9.61 Å². The fourth-order valence-corrected chi connectivity index (χ4v) is 5.05. The standard InChI is InChI=1S/C14H21N2O2P/c1-16-11-12-7-5-6-10-14(12)15-19(16,17)18-13-8-3-2-4-9-13/h2-4,8-9,12,14H,5-7,10-11H2,1H3,(H,15,17)/t12-,14-,19+/m1/s1. The van der Waals surface area contributed by atoms with E-state index in [9.17, 15) is 4.57 Å². The molecule has 1 aliphatic heterocycles. The van der Waals surface area contributed by atoms with Gasteiger partial charge in [-0.25, -0.2) is 14.3 Å². The lowest BCUT2D eigenvalue weighted by atomic mass is 9.85. The fourth-order valence-electron chi connectivity index (χ4n) is 3.07. The number of benzene rings is 1. The van der Waals surface area contributed by atoms with Crippen LogP contribution in [0.3, 0.4) is 0 Å². The zero-order valence-electron chi connectivity index (χ0n) is 11.3. The van der Waals surface area contributed by atoms with Crippen LogP contribution in [0.15, 0.2) is 30.3 Å². The van der Waals surface area contributed by atoms with Crippen LogP contribution in [-0.4, -0.2) is 24.3 Å². The molecule has 5 heteroatoms. The molecule has 2 fully saturated rings. The van der Waals surface area contributed by atoms with E-state index in [0.29, 0.717) is 17.7 Å². The van der Waals surface area contributed by atoms with Gasteiger partial charge in [-0.15, -0.1) is 0 Å². The number of fused-ring (bicyclic) bond motifs is 1. The van der Waals surface area contributed by atoms with Crippen molar-refractivity contribution in [1.82, 2.24) is 9.76 Å². The van der Waals surface area contributed by atoms with Crippen LogP contribution in [-0.2, 0) is 4.57 Å². The Balaban J connectivity index is 1.77. The van der Waals surface area contributed by atoms with Crippen LogP contribution in [0.1, 0.15) is 25.7 Å².